The normalized spacial score (nSPS) is 12.1. The van der Waals surface area contributed by atoms with E-state index in [1.807, 2.05) is 0 Å². The van der Waals surface area contributed by atoms with Crippen LogP contribution in [0, 0.1) is 5.82 Å². The van der Waals surface area contributed by atoms with Crippen LogP contribution >= 0.6 is 11.6 Å². The fourth-order valence-electron chi connectivity index (χ4n) is 3.16. The summed E-state index contributed by atoms with van der Waals surface area (Å²) >= 11 is 6.19. The minimum Gasteiger partial charge on any atom is -0.484 e. The van der Waals surface area contributed by atoms with Gasteiger partial charge in [-0.05, 0) is 60.5 Å². The summed E-state index contributed by atoms with van der Waals surface area (Å²) in [5.41, 5.74) is 1.89. The standard InChI is InChI=1S/C24H24ClFN2O4S/c1-17(18-7-9-20(26)10-8-18)27-24(29)16-32-22-13-11-21(12-14-22)28(33(2,30)31)15-19-5-3-4-6-23(19)25/h3-14,17H,15-16H2,1-2H3,(H,27,29). The van der Waals surface area contributed by atoms with E-state index in [1.165, 1.54) is 16.4 Å². The number of carbonyl (C=O) groups is 1. The topological polar surface area (TPSA) is 75.7 Å². The smallest absolute Gasteiger partial charge is 0.258 e. The number of anilines is 1. The van der Waals surface area contributed by atoms with Gasteiger partial charge in [-0.25, -0.2) is 12.8 Å². The molecule has 6 nitrogen and oxygen atoms in total. The van der Waals surface area contributed by atoms with Gasteiger partial charge in [-0.2, -0.15) is 0 Å². The Kier molecular flexibility index (Phi) is 7.94. The van der Waals surface area contributed by atoms with Crippen molar-refractivity contribution in [2.24, 2.45) is 0 Å². The van der Waals surface area contributed by atoms with E-state index in [1.54, 1.807) is 67.6 Å². The van der Waals surface area contributed by atoms with Gasteiger partial charge in [0.05, 0.1) is 24.5 Å². The lowest BCUT2D eigenvalue weighted by Gasteiger charge is -2.23. The molecular formula is C24H24ClFN2O4S. The molecule has 3 aromatic rings. The minimum atomic E-state index is -3.57. The van der Waals surface area contributed by atoms with Crippen LogP contribution in [0.3, 0.4) is 0 Å². The molecule has 0 saturated heterocycles. The number of amides is 1. The fraction of sp³-hybridized carbons (Fsp3) is 0.208. The van der Waals surface area contributed by atoms with Crippen molar-refractivity contribution in [1.29, 1.82) is 0 Å². The predicted octanol–water partition coefficient (Wildman–Crippen LogP) is 4.70. The average molecular weight is 491 g/mol. The van der Waals surface area contributed by atoms with E-state index in [2.05, 4.69) is 5.32 Å². The molecular weight excluding hydrogens is 467 g/mol. The van der Waals surface area contributed by atoms with Gasteiger partial charge in [0.25, 0.3) is 5.91 Å². The molecule has 0 saturated carbocycles. The summed E-state index contributed by atoms with van der Waals surface area (Å²) in [5.74, 6) is -0.271. The van der Waals surface area contributed by atoms with Crippen molar-refractivity contribution in [3.05, 3.63) is 94.8 Å². The van der Waals surface area contributed by atoms with Crippen LogP contribution in [0.15, 0.2) is 72.8 Å². The lowest BCUT2D eigenvalue weighted by Crippen LogP contribution is -2.31. The van der Waals surface area contributed by atoms with Gasteiger partial charge in [-0.3, -0.25) is 9.10 Å². The van der Waals surface area contributed by atoms with Gasteiger partial charge in [0.15, 0.2) is 6.61 Å². The van der Waals surface area contributed by atoms with Crippen LogP contribution in [0.1, 0.15) is 24.1 Å². The van der Waals surface area contributed by atoms with Crippen molar-refractivity contribution >= 4 is 33.2 Å². The molecule has 1 unspecified atom stereocenters. The quantitative estimate of drug-likeness (QED) is 0.471. The second-order valence-electron chi connectivity index (χ2n) is 7.48. The summed E-state index contributed by atoms with van der Waals surface area (Å²) in [6.07, 6.45) is 1.13. The summed E-state index contributed by atoms with van der Waals surface area (Å²) in [6, 6.07) is 19.0. The summed E-state index contributed by atoms with van der Waals surface area (Å²) in [4.78, 5) is 12.2. The number of hydrogen-bond acceptors (Lipinski definition) is 4. The number of halogens is 2. The number of nitrogens with one attached hydrogen (secondary N) is 1. The molecule has 9 heteroatoms. The van der Waals surface area contributed by atoms with Crippen LogP contribution in [0.2, 0.25) is 5.02 Å². The van der Waals surface area contributed by atoms with E-state index in [0.29, 0.717) is 22.0 Å². The highest BCUT2D eigenvalue weighted by Gasteiger charge is 2.19. The molecule has 1 amide bonds. The van der Waals surface area contributed by atoms with Crippen LogP contribution in [-0.2, 0) is 21.4 Å². The van der Waals surface area contributed by atoms with Gasteiger partial charge in [-0.1, -0.05) is 41.9 Å². The number of nitrogens with zero attached hydrogens (tertiary/aromatic N) is 1. The van der Waals surface area contributed by atoms with Crippen LogP contribution in [0.4, 0.5) is 10.1 Å². The largest absolute Gasteiger partial charge is 0.484 e. The SMILES string of the molecule is CC(NC(=O)COc1ccc(N(Cc2ccccc2Cl)S(C)(=O)=O)cc1)c1ccc(F)cc1. The monoisotopic (exact) mass is 490 g/mol. The van der Waals surface area contributed by atoms with Crippen molar-refractivity contribution in [2.75, 3.05) is 17.2 Å². The van der Waals surface area contributed by atoms with Crippen molar-refractivity contribution in [1.82, 2.24) is 5.32 Å². The second kappa shape index (κ2) is 10.7. The van der Waals surface area contributed by atoms with E-state index < -0.39 is 10.0 Å². The van der Waals surface area contributed by atoms with Crippen molar-refractivity contribution < 1.29 is 22.3 Å². The highest BCUT2D eigenvalue weighted by Crippen LogP contribution is 2.26. The molecule has 0 bridgehead atoms. The van der Waals surface area contributed by atoms with Crippen LogP contribution in [0.25, 0.3) is 0 Å². The maximum absolute atomic E-state index is 13.0. The third kappa shape index (κ3) is 6.94. The van der Waals surface area contributed by atoms with E-state index in [4.69, 9.17) is 16.3 Å². The maximum atomic E-state index is 13.0. The molecule has 0 spiro atoms. The minimum absolute atomic E-state index is 0.0857. The van der Waals surface area contributed by atoms with Gasteiger partial charge in [0.2, 0.25) is 10.0 Å². The Morgan fingerprint density at radius 3 is 2.30 bits per heavy atom. The lowest BCUT2D eigenvalue weighted by atomic mass is 10.1. The number of carbonyl (C=O) groups excluding carboxylic acids is 1. The Labute approximate surface area is 198 Å². The average Bonchev–Trinajstić information content (AvgIpc) is 2.77. The molecule has 1 N–H and O–H groups in total. The molecule has 3 aromatic carbocycles. The Balaban J connectivity index is 1.61. The first-order valence-electron chi connectivity index (χ1n) is 10.1. The van der Waals surface area contributed by atoms with Gasteiger partial charge in [-0.15, -0.1) is 0 Å². The Hall–Kier alpha value is -3.10. The van der Waals surface area contributed by atoms with E-state index >= 15 is 0 Å². The molecule has 0 radical (unpaired) electrons. The first kappa shape index (κ1) is 24.5. The molecule has 3 rings (SSSR count). The number of sulfonamides is 1. The first-order chi connectivity index (χ1) is 15.6. The van der Waals surface area contributed by atoms with Crippen LogP contribution in [0.5, 0.6) is 5.75 Å². The number of rotatable bonds is 9. The van der Waals surface area contributed by atoms with E-state index in [0.717, 1.165) is 11.8 Å². The molecule has 0 aliphatic rings. The maximum Gasteiger partial charge on any atom is 0.258 e. The molecule has 0 heterocycles. The third-order valence-electron chi connectivity index (χ3n) is 4.91. The molecule has 1 atom stereocenters. The molecule has 0 aliphatic heterocycles. The number of hydrogen-bond donors (Lipinski definition) is 1. The highest BCUT2D eigenvalue weighted by molar-refractivity contribution is 7.92. The van der Waals surface area contributed by atoms with Gasteiger partial charge >= 0.3 is 0 Å². The van der Waals surface area contributed by atoms with E-state index in [-0.39, 0.29) is 30.9 Å². The van der Waals surface area contributed by atoms with Gasteiger partial charge in [0, 0.05) is 5.02 Å². The number of benzene rings is 3. The predicted molar refractivity (Wildman–Crippen MR) is 127 cm³/mol. The number of ether oxygens (including phenoxy) is 1. The fourth-order valence-corrected chi connectivity index (χ4v) is 4.23. The van der Waals surface area contributed by atoms with Crippen LogP contribution < -0.4 is 14.4 Å². The summed E-state index contributed by atoms with van der Waals surface area (Å²) in [7, 11) is -3.57. The molecule has 0 fully saturated rings. The van der Waals surface area contributed by atoms with E-state index in [9.17, 15) is 17.6 Å². The first-order valence-corrected chi connectivity index (χ1v) is 12.3. The zero-order valence-electron chi connectivity index (χ0n) is 18.2. The zero-order valence-corrected chi connectivity index (χ0v) is 19.7. The summed E-state index contributed by atoms with van der Waals surface area (Å²) < 4.78 is 44.5. The van der Waals surface area contributed by atoms with Crippen molar-refractivity contribution in [2.45, 2.75) is 19.5 Å². The molecule has 0 aliphatic carbocycles. The molecule has 174 valence electrons. The summed E-state index contributed by atoms with van der Waals surface area (Å²) in [6.45, 7) is 1.65. The zero-order chi connectivity index (χ0) is 24.0. The Bertz CT molecular complexity index is 1200. The van der Waals surface area contributed by atoms with Crippen LogP contribution in [-0.4, -0.2) is 27.2 Å². The molecule has 33 heavy (non-hydrogen) atoms. The lowest BCUT2D eigenvalue weighted by molar-refractivity contribution is -0.123. The van der Waals surface area contributed by atoms with Gasteiger partial charge in [0.1, 0.15) is 11.6 Å². The third-order valence-corrected chi connectivity index (χ3v) is 6.42. The van der Waals surface area contributed by atoms with Crippen molar-refractivity contribution in [3.8, 4) is 5.75 Å². The van der Waals surface area contributed by atoms with Gasteiger partial charge < -0.3 is 10.1 Å². The Morgan fingerprint density at radius 2 is 1.70 bits per heavy atom. The summed E-state index contributed by atoms with van der Waals surface area (Å²) in [5, 5.41) is 3.26. The van der Waals surface area contributed by atoms with Crippen molar-refractivity contribution in [3.63, 3.8) is 0 Å². The second-order valence-corrected chi connectivity index (χ2v) is 9.80. The molecule has 0 aromatic heterocycles. The highest BCUT2D eigenvalue weighted by atomic mass is 35.5. The Morgan fingerprint density at radius 1 is 1.06 bits per heavy atom.